The Morgan fingerprint density at radius 3 is 1.97 bits per heavy atom. The second-order valence-electron chi connectivity index (χ2n) is 6.91. The van der Waals surface area contributed by atoms with E-state index in [1.54, 1.807) is 13.8 Å². The molecule has 2 bridgehead atoms. The van der Waals surface area contributed by atoms with Gasteiger partial charge in [-0.15, -0.1) is 0 Å². The number of rotatable bonds is 7. The highest BCUT2D eigenvalue weighted by Gasteiger charge is 2.55. The zero-order valence-corrected chi connectivity index (χ0v) is 16.2. The van der Waals surface area contributed by atoms with Crippen molar-refractivity contribution in [1.82, 2.24) is 0 Å². The van der Waals surface area contributed by atoms with Crippen LogP contribution in [0.3, 0.4) is 0 Å². The minimum atomic E-state index is -1.08. The number of carboxylic acid groups (broad SMARTS) is 1. The fourth-order valence-corrected chi connectivity index (χ4v) is 3.91. The van der Waals surface area contributed by atoms with Crippen molar-refractivity contribution < 1.29 is 38.5 Å². The number of hydrogen-bond donors (Lipinski definition) is 2. The molecule has 1 aromatic rings. The Bertz CT molecular complexity index is 800. The van der Waals surface area contributed by atoms with E-state index in [9.17, 15) is 24.3 Å². The molecule has 1 aromatic carbocycles. The van der Waals surface area contributed by atoms with Gasteiger partial charge >= 0.3 is 17.9 Å². The Morgan fingerprint density at radius 1 is 0.966 bits per heavy atom. The molecule has 2 aliphatic heterocycles. The molecule has 3 rings (SSSR count). The molecule has 2 saturated heterocycles. The van der Waals surface area contributed by atoms with Crippen LogP contribution in [0.15, 0.2) is 18.2 Å². The first-order chi connectivity index (χ1) is 13.8. The number of ether oxygens (including phenoxy) is 3. The van der Waals surface area contributed by atoms with Gasteiger partial charge in [0.25, 0.3) is 0 Å². The highest BCUT2D eigenvalue weighted by atomic mass is 16.5. The van der Waals surface area contributed by atoms with Gasteiger partial charge < -0.3 is 24.6 Å². The van der Waals surface area contributed by atoms with Gasteiger partial charge in [-0.05, 0) is 44.9 Å². The molecule has 0 aliphatic carbocycles. The summed E-state index contributed by atoms with van der Waals surface area (Å²) in [7, 11) is 0. The first-order valence-corrected chi connectivity index (χ1v) is 9.54. The van der Waals surface area contributed by atoms with Crippen LogP contribution in [-0.4, -0.2) is 54.3 Å². The molecule has 0 saturated carbocycles. The van der Waals surface area contributed by atoms with Gasteiger partial charge in [-0.2, -0.15) is 0 Å². The topological polar surface area (TPSA) is 128 Å². The average molecular weight is 405 g/mol. The summed E-state index contributed by atoms with van der Waals surface area (Å²) in [5, 5.41) is 12.1. The van der Waals surface area contributed by atoms with Crippen molar-refractivity contribution in [3.05, 3.63) is 29.3 Å². The molecule has 2 heterocycles. The van der Waals surface area contributed by atoms with Crippen LogP contribution in [0.25, 0.3) is 0 Å². The SMILES string of the molecule is CCOC(=O)c1cc(NC(=O)[C@H]2[C@@H](C(=O)O)[C@@H]3CC[C@@H]2O3)cc(C(=O)OCC)c1. The van der Waals surface area contributed by atoms with Crippen molar-refractivity contribution in [3.63, 3.8) is 0 Å². The van der Waals surface area contributed by atoms with E-state index < -0.39 is 47.9 Å². The van der Waals surface area contributed by atoms with Crippen LogP contribution in [0.5, 0.6) is 0 Å². The Morgan fingerprint density at radius 2 is 1.48 bits per heavy atom. The van der Waals surface area contributed by atoms with Crippen molar-refractivity contribution in [3.8, 4) is 0 Å². The summed E-state index contributed by atoms with van der Waals surface area (Å²) in [5.41, 5.74) is 0.328. The standard InChI is InChI=1S/C20H23NO8/c1-3-27-19(25)10-7-11(20(26)28-4-2)9-12(8-10)21-17(22)15-13-5-6-14(29-13)16(15)18(23)24/h7-9,13-16H,3-6H2,1-2H3,(H,21,22)(H,23,24)/t13-,14-,15+,16-/m0/s1. The highest BCUT2D eigenvalue weighted by Crippen LogP contribution is 2.44. The third-order valence-electron chi connectivity index (χ3n) is 5.08. The number of carbonyl (C=O) groups excluding carboxylic acids is 3. The molecule has 0 radical (unpaired) electrons. The smallest absolute Gasteiger partial charge is 0.338 e. The summed E-state index contributed by atoms with van der Waals surface area (Å²) in [6.07, 6.45) is 0.285. The quantitative estimate of drug-likeness (QED) is 0.658. The normalized spacial score (nSPS) is 24.8. The van der Waals surface area contributed by atoms with Gasteiger partial charge in [0.2, 0.25) is 5.91 Å². The molecule has 2 N–H and O–H groups in total. The number of nitrogens with one attached hydrogen (secondary N) is 1. The summed E-state index contributed by atoms with van der Waals surface area (Å²) in [6, 6.07) is 4.08. The molecule has 4 atom stereocenters. The molecule has 156 valence electrons. The van der Waals surface area contributed by atoms with Crippen LogP contribution >= 0.6 is 0 Å². The molecule has 29 heavy (non-hydrogen) atoms. The lowest BCUT2D eigenvalue weighted by Gasteiger charge is -2.24. The predicted molar refractivity (Wildman–Crippen MR) is 99.5 cm³/mol. The van der Waals surface area contributed by atoms with Crippen molar-refractivity contribution in [1.29, 1.82) is 0 Å². The monoisotopic (exact) mass is 405 g/mol. The first kappa shape index (κ1) is 20.8. The largest absolute Gasteiger partial charge is 0.481 e. The maximum atomic E-state index is 12.8. The van der Waals surface area contributed by atoms with Crippen LogP contribution in [0.2, 0.25) is 0 Å². The Balaban J connectivity index is 1.87. The number of fused-ring (bicyclic) bond motifs is 2. The van der Waals surface area contributed by atoms with Gasteiger partial charge in [0.05, 0.1) is 48.4 Å². The molecule has 2 fully saturated rings. The lowest BCUT2D eigenvalue weighted by Crippen LogP contribution is -2.41. The summed E-state index contributed by atoms with van der Waals surface area (Å²) in [5.74, 6) is -4.68. The minimum absolute atomic E-state index is 0.0756. The van der Waals surface area contributed by atoms with Crippen molar-refractivity contribution in [2.24, 2.45) is 11.8 Å². The van der Waals surface area contributed by atoms with Crippen LogP contribution < -0.4 is 5.32 Å². The van der Waals surface area contributed by atoms with E-state index >= 15 is 0 Å². The van der Waals surface area contributed by atoms with Crippen molar-refractivity contribution >= 4 is 29.5 Å². The first-order valence-electron chi connectivity index (χ1n) is 9.54. The van der Waals surface area contributed by atoms with Crippen LogP contribution in [0.4, 0.5) is 5.69 Å². The number of aliphatic carboxylic acids is 1. The summed E-state index contributed by atoms with van der Waals surface area (Å²) in [6.45, 7) is 3.59. The second kappa shape index (κ2) is 8.60. The third-order valence-corrected chi connectivity index (χ3v) is 5.08. The van der Waals surface area contributed by atoms with Gasteiger partial charge in [0, 0.05) is 5.69 Å². The van der Waals surface area contributed by atoms with E-state index in [4.69, 9.17) is 14.2 Å². The molecule has 0 unspecified atom stereocenters. The Kier molecular flexibility index (Phi) is 6.17. The number of benzene rings is 1. The van der Waals surface area contributed by atoms with Gasteiger partial charge in [-0.25, -0.2) is 9.59 Å². The molecule has 9 nitrogen and oxygen atoms in total. The molecule has 0 spiro atoms. The van der Waals surface area contributed by atoms with E-state index in [0.29, 0.717) is 12.8 Å². The van der Waals surface area contributed by atoms with E-state index in [-0.39, 0.29) is 30.0 Å². The Hall–Kier alpha value is -2.94. The van der Waals surface area contributed by atoms with E-state index in [1.807, 2.05) is 0 Å². The average Bonchev–Trinajstić information content (AvgIpc) is 3.29. The van der Waals surface area contributed by atoms with Crippen molar-refractivity contribution in [2.75, 3.05) is 18.5 Å². The van der Waals surface area contributed by atoms with Crippen LogP contribution in [-0.2, 0) is 23.8 Å². The van der Waals surface area contributed by atoms with Gasteiger partial charge in [-0.1, -0.05) is 0 Å². The van der Waals surface area contributed by atoms with E-state index in [0.717, 1.165) is 0 Å². The van der Waals surface area contributed by atoms with Gasteiger partial charge in [-0.3, -0.25) is 9.59 Å². The molecule has 1 amide bonds. The van der Waals surface area contributed by atoms with E-state index in [2.05, 4.69) is 5.32 Å². The number of amides is 1. The summed E-state index contributed by atoms with van der Waals surface area (Å²) in [4.78, 5) is 48.7. The Labute approximate surface area is 167 Å². The second-order valence-corrected chi connectivity index (χ2v) is 6.91. The van der Waals surface area contributed by atoms with Crippen molar-refractivity contribution in [2.45, 2.75) is 38.9 Å². The molecule has 2 aliphatic rings. The zero-order valence-electron chi connectivity index (χ0n) is 16.2. The third kappa shape index (κ3) is 4.24. The number of carbonyl (C=O) groups is 4. The number of esters is 2. The maximum Gasteiger partial charge on any atom is 0.338 e. The minimum Gasteiger partial charge on any atom is -0.481 e. The van der Waals surface area contributed by atoms with Gasteiger partial charge in [0.1, 0.15) is 0 Å². The summed E-state index contributed by atoms with van der Waals surface area (Å²) < 4.78 is 15.6. The summed E-state index contributed by atoms with van der Waals surface area (Å²) >= 11 is 0. The predicted octanol–water partition coefficient (Wildman–Crippen LogP) is 1.86. The highest BCUT2D eigenvalue weighted by molar-refractivity contribution is 6.01. The number of carboxylic acids is 1. The van der Waals surface area contributed by atoms with Crippen LogP contribution in [0, 0.1) is 11.8 Å². The lowest BCUT2D eigenvalue weighted by atomic mass is 9.78. The lowest BCUT2D eigenvalue weighted by molar-refractivity contribution is -0.147. The van der Waals surface area contributed by atoms with Crippen LogP contribution in [0.1, 0.15) is 47.4 Å². The van der Waals surface area contributed by atoms with E-state index in [1.165, 1.54) is 18.2 Å². The molecule has 9 heteroatoms. The fraction of sp³-hybridized carbons (Fsp3) is 0.500. The fourth-order valence-electron chi connectivity index (χ4n) is 3.91. The zero-order chi connectivity index (χ0) is 21.1. The van der Waals surface area contributed by atoms with Gasteiger partial charge in [0.15, 0.2) is 0 Å². The maximum absolute atomic E-state index is 12.8. The molecular weight excluding hydrogens is 382 g/mol. The number of anilines is 1. The molecular formula is C20H23NO8. The molecule has 0 aromatic heterocycles. The number of hydrogen-bond acceptors (Lipinski definition) is 7.